The third kappa shape index (κ3) is 2.70. The third-order valence-electron chi connectivity index (χ3n) is 5.95. The molecule has 0 amide bonds. The molecule has 8 heteroatoms. The van der Waals surface area contributed by atoms with Gasteiger partial charge in [0.1, 0.15) is 11.3 Å². The van der Waals surface area contributed by atoms with Crippen molar-refractivity contribution in [3.8, 4) is 22.9 Å². The molecule has 0 aliphatic heterocycles. The van der Waals surface area contributed by atoms with Crippen LogP contribution in [0.5, 0.6) is 11.5 Å². The Labute approximate surface area is 173 Å². The zero-order valence-corrected chi connectivity index (χ0v) is 17.9. The Balaban J connectivity index is 2.14. The van der Waals surface area contributed by atoms with E-state index in [2.05, 4.69) is 20.8 Å². The average Bonchev–Trinajstić information content (AvgIpc) is 3.06. The van der Waals surface area contributed by atoms with Crippen LogP contribution < -0.4 is 15.0 Å². The van der Waals surface area contributed by atoms with Crippen LogP contribution in [0.4, 0.5) is 0 Å². The van der Waals surface area contributed by atoms with Gasteiger partial charge in [-0.15, -0.1) is 0 Å². The minimum atomic E-state index is -1.22. The number of rotatable bonds is 3. The Morgan fingerprint density at radius 1 is 1.27 bits per heavy atom. The standard InChI is InChI=1S/C22H25N3O5/c1-22(2,3)13-10-14-16(17-11(13)9-12(21(27)28)20(26)24(17)4)23-19-18(30-6)15(29-5)7-8-25(14)19/h7-9,13H,10H2,1-6H3,(H,27,28). The van der Waals surface area contributed by atoms with Crippen LogP contribution in [0.1, 0.15) is 48.3 Å². The molecule has 1 aliphatic rings. The molecule has 3 heterocycles. The zero-order chi connectivity index (χ0) is 22.0. The molecular formula is C22H25N3O5. The van der Waals surface area contributed by atoms with Crippen LogP contribution in [0.3, 0.4) is 0 Å². The molecule has 0 saturated carbocycles. The highest BCUT2D eigenvalue weighted by Gasteiger charge is 2.38. The van der Waals surface area contributed by atoms with E-state index in [1.165, 1.54) is 10.6 Å². The molecule has 0 bridgehead atoms. The first kappa shape index (κ1) is 20.0. The maximum absolute atomic E-state index is 12.8. The van der Waals surface area contributed by atoms with E-state index in [1.54, 1.807) is 21.3 Å². The second kappa shape index (κ2) is 6.62. The lowest BCUT2D eigenvalue weighted by Gasteiger charge is -2.36. The number of carbonyl (C=O) groups is 1. The smallest absolute Gasteiger partial charge is 0.341 e. The molecule has 0 spiro atoms. The van der Waals surface area contributed by atoms with Gasteiger partial charge in [0.25, 0.3) is 5.56 Å². The number of hydrogen-bond acceptors (Lipinski definition) is 5. The maximum atomic E-state index is 12.8. The zero-order valence-electron chi connectivity index (χ0n) is 17.9. The van der Waals surface area contributed by atoms with Gasteiger partial charge in [-0.25, -0.2) is 9.78 Å². The van der Waals surface area contributed by atoms with Gasteiger partial charge in [-0.05, 0) is 29.4 Å². The number of fused-ring (bicyclic) bond motifs is 5. The van der Waals surface area contributed by atoms with Gasteiger partial charge in [0.15, 0.2) is 11.4 Å². The molecule has 3 aromatic heterocycles. The van der Waals surface area contributed by atoms with Crippen LogP contribution in [-0.4, -0.2) is 39.2 Å². The number of aromatic carboxylic acids is 1. The van der Waals surface area contributed by atoms with Crippen molar-refractivity contribution in [2.45, 2.75) is 33.1 Å². The lowest BCUT2D eigenvalue weighted by atomic mass is 9.70. The van der Waals surface area contributed by atoms with Crippen LogP contribution in [0.25, 0.3) is 17.0 Å². The van der Waals surface area contributed by atoms with E-state index in [0.717, 1.165) is 11.3 Å². The topological polar surface area (TPSA) is 95.1 Å². The number of pyridine rings is 2. The van der Waals surface area contributed by atoms with Gasteiger partial charge < -0.3 is 19.1 Å². The maximum Gasteiger partial charge on any atom is 0.341 e. The van der Waals surface area contributed by atoms with E-state index in [0.29, 0.717) is 35.0 Å². The largest absolute Gasteiger partial charge is 0.493 e. The number of carboxylic acids is 1. The van der Waals surface area contributed by atoms with E-state index in [9.17, 15) is 14.7 Å². The summed E-state index contributed by atoms with van der Waals surface area (Å²) >= 11 is 0. The lowest BCUT2D eigenvalue weighted by molar-refractivity contribution is 0.0694. The summed E-state index contributed by atoms with van der Waals surface area (Å²) in [6.07, 6.45) is 2.54. The first-order chi connectivity index (χ1) is 14.1. The molecule has 1 N–H and O–H groups in total. The Hall–Kier alpha value is -3.29. The number of hydrogen-bond donors (Lipinski definition) is 1. The second-order valence-corrected chi connectivity index (χ2v) is 8.67. The van der Waals surface area contributed by atoms with Crippen LogP contribution >= 0.6 is 0 Å². The van der Waals surface area contributed by atoms with Crippen molar-refractivity contribution in [1.29, 1.82) is 0 Å². The number of nitrogens with zero attached hydrogens (tertiary/aromatic N) is 3. The molecule has 4 rings (SSSR count). The highest BCUT2D eigenvalue weighted by atomic mass is 16.5. The fraction of sp³-hybridized carbons (Fsp3) is 0.409. The summed E-state index contributed by atoms with van der Waals surface area (Å²) in [5, 5.41) is 9.55. The predicted octanol–water partition coefficient (Wildman–Crippen LogP) is 3.10. The molecule has 1 unspecified atom stereocenters. The van der Waals surface area contributed by atoms with E-state index in [4.69, 9.17) is 14.5 Å². The lowest BCUT2D eigenvalue weighted by Crippen LogP contribution is -2.32. The summed E-state index contributed by atoms with van der Waals surface area (Å²) in [5.74, 6) is -0.151. The Bertz CT molecular complexity index is 1250. The van der Waals surface area contributed by atoms with Gasteiger partial charge >= 0.3 is 5.97 Å². The quantitative estimate of drug-likeness (QED) is 0.712. The van der Waals surface area contributed by atoms with Gasteiger partial charge in [-0.1, -0.05) is 20.8 Å². The monoisotopic (exact) mass is 411 g/mol. The SMILES string of the molecule is COc1ccn2c3c(nc2c1OC)-c1c(cc(C(=O)O)c(=O)n1C)C(C(C)(C)C)C3. The molecule has 0 aromatic carbocycles. The molecule has 1 aliphatic carbocycles. The van der Waals surface area contributed by atoms with Crippen molar-refractivity contribution in [2.24, 2.45) is 12.5 Å². The number of aromatic nitrogens is 3. The molecule has 8 nitrogen and oxygen atoms in total. The van der Waals surface area contributed by atoms with Crippen molar-refractivity contribution in [1.82, 2.24) is 14.0 Å². The first-order valence-corrected chi connectivity index (χ1v) is 9.69. The van der Waals surface area contributed by atoms with E-state index in [-0.39, 0.29) is 16.9 Å². The highest BCUT2D eigenvalue weighted by molar-refractivity contribution is 5.88. The van der Waals surface area contributed by atoms with Crippen molar-refractivity contribution < 1.29 is 19.4 Å². The van der Waals surface area contributed by atoms with Crippen LogP contribution in [0.15, 0.2) is 23.1 Å². The number of ether oxygens (including phenoxy) is 2. The molecule has 0 radical (unpaired) electrons. The van der Waals surface area contributed by atoms with Gasteiger partial charge in [-0.2, -0.15) is 0 Å². The predicted molar refractivity (Wildman–Crippen MR) is 112 cm³/mol. The summed E-state index contributed by atoms with van der Waals surface area (Å²) in [7, 11) is 4.73. The average molecular weight is 411 g/mol. The van der Waals surface area contributed by atoms with Gasteiger partial charge in [0.2, 0.25) is 5.75 Å². The van der Waals surface area contributed by atoms with Crippen molar-refractivity contribution in [3.63, 3.8) is 0 Å². The minimum Gasteiger partial charge on any atom is -0.493 e. The number of carboxylic acid groups (broad SMARTS) is 1. The summed E-state index contributed by atoms with van der Waals surface area (Å²) in [5.41, 5.74) is 2.74. The van der Waals surface area contributed by atoms with Crippen LogP contribution in [0, 0.1) is 5.41 Å². The molecule has 30 heavy (non-hydrogen) atoms. The highest BCUT2D eigenvalue weighted by Crippen LogP contribution is 2.48. The molecule has 0 fully saturated rings. The van der Waals surface area contributed by atoms with Crippen molar-refractivity contribution in [3.05, 3.63) is 45.5 Å². The van der Waals surface area contributed by atoms with Gasteiger partial charge in [0, 0.05) is 19.3 Å². The second-order valence-electron chi connectivity index (χ2n) is 8.67. The molecule has 1 atom stereocenters. The Kier molecular flexibility index (Phi) is 4.41. The number of imidazole rings is 1. The summed E-state index contributed by atoms with van der Waals surface area (Å²) < 4.78 is 14.3. The summed E-state index contributed by atoms with van der Waals surface area (Å²) in [4.78, 5) is 29.3. The van der Waals surface area contributed by atoms with E-state index in [1.807, 2.05) is 16.7 Å². The van der Waals surface area contributed by atoms with Gasteiger partial charge in [0.05, 0.1) is 25.6 Å². The fourth-order valence-electron chi connectivity index (χ4n) is 4.40. The summed E-state index contributed by atoms with van der Waals surface area (Å²) in [6.45, 7) is 6.35. The normalized spacial score (nSPS) is 15.6. The molecule has 0 saturated heterocycles. The van der Waals surface area contributed by atoms with Crippen molar-refractivity contribution in [2.75, 3.05) is 14.2 Å². The minimum absolute atomic E-state index is 0.00195. The Morgan fingerprint density at radius 3 is 2.53 bits per heavy atom. The molecule has 3 aromatic rings. The van der Waals surface area contributed by atoms with E-state index < -0.39 is 11.5 Å². The fourth-order valence-corrected chi connectivity index (χ4v) is 4.40. The molecular weight excluding hydrogens is 386 g/mol. The Morgan fingerprint density at radius 2 is 1.97 bits per heavy atom. The summed E-state index contributed by atoms with van der Waals surface area (Å²) in [6, 6.07) is 3.35. The molecule has 158 valence electrons. The van der Waals surface area contributed by atoms with Gasteiger partial charge in [-0.3, -0.25) is 9.20 Å². The van der Waals surface area contributed by atoms with Crippen LogP contribution in [0.2, 0.25) is 0 Å². The van der Waals surface area contributed by atoms with Crippen LogP contribution in [-0.2, 0) is 13.5 Å². The number of methoxy groups -OCH3 is 2. The first-order valence-electron chi connectivity index (χ1n) is 9.69. The third-order valence-corrected chi connectivity index (χ3v) is 5.95. The van der Waals surface area contributed by atoms with E-state index >= 15 is 0 Å². The van der Waals surface area contributed by atoms with Crippen molar-refractivity contribution >= 4 is 11.6 Å².